The number of fused-ring (bicyclic) bond motifs is 1. The lowest BCUT2D eigenvalue weighted by Gasteiger charge is -2.41. The SMILES string of the molecule is CC1CCC2CC(c3ccc(-c4cc(F)cc(F)c4)c(F)c3)CCC2C1. The average Bonchev–Trinajstić information content (AvgIpc) is 2.60. The van der Waals surface area contributed by atoms with Crippen LogP contribution in [0.3, 0.4) is 0 Å². The van der Waals surface area contributed by atoms with Crippen LogP contribution in [0.2, 0.25) is 0 Å². The van der Waals surface area contributed by atoms with Gasteiger partial charge >= 0.3 is 0 Å². The molecular formula is C23H25F3. The van der Waals surface area contributed by atoms with Crippen LogP contribution >= 0.6 is 0 Å². The molecule has 0 aliphatic heterocycles. The number of benzene rings is 2. The number of hydrogen-bond acceptors (Lipinski definition) is 0. The molecule has 0 nitrogen and oxygen atoms in total. The summed E-state index contributed by atoms with van der Waals surface area (Å²) in [6.07, 6.45) is 7.44. The van der Waals surface area contributed by atoms with E-state index in [1.54, 1.807) is 12.1 Å². The van der Waals surface area contributed by atoms with E-state index >= 15 is 0 Å². The summed E-state index contributed by atoms with van der Waals surface area (Å²) in [5.41, 5.74) is 1.53. The molecule has 4 atom stereocenters. The second-order valence-electron chi connectivity index (χ2n) is 8.35. The highest BCUT2D eigenvalue weighted by Gasteiger charge is 2.34. The molecule has 0 heterocycles. The highest BCUT2D eigenvalue weighted by atomic mass is 19.1. The highest BCUT2D eigenvalue weighted by Crippen LogP contribution is 2.47. The quantitative estimate of drug-likeness (QED) is 0.537. The van der Waals surface area contributed by atoms with Crippen molar-refractivity contribution in [1.82, 2.24) is 0 Å². The van der Waals surface area contributed by atoms with Crippen molar-refractivity contribution in [2.24, 2.45) is 17.8 Å². The van der Waals surface area contributed by atoms with Crippen molar-refractivity contribution in [1.29, 1.82) is 0 Å². The molecule has 26 heavy (non-hydrogen) atoms. The lowest BCUT2D eigenvalue weighted by atomic mass is 9.64. The first kappa shape index (κ1) is 17.6. The van der Waals surface area contributed by atoms with E-state index in [0.717, 1.165) is 42.2 Å². The Morgan fingerprint density at radius 1 is 0.769 bits per heavy atom. The summed E-state index contributed by atoms with van der Waals surface area (Å²) < 4.78 is 41.6. The van der Waals surface area contributed by atoms with Crippen LogP contribution in [0.5, 0.6) is 0 Å². The van der Waals surface area contributed by atoms with Crippen molar-refractivity contribution >= 4 is 0 Å². The maximum atomic E-state index is 14.7. The first-order valence-corrected chi connectivity index (χ1v) is 9.75. The summed E-state index contributed by atoms with van der Waals surface area (Å²) in [7, 11) is 0. The molecule has 0 bridgehead atoms. The van der Waals surface area contributed by atoms with Crippen LogP contribution in [0, 0.1) is 35.2 Å². The molecule has 0 aromatic heterocycles. The van der Waals surface area contributed by atoms with Gasteiger partial charge in [0.1, 0.15) is 17.5 Å². The van der Waals surface area contributed by atoms with Crippen molar-refractivity contribution in [3.05, 3.63) is 59.4 Å². The highest BCUT2D eigenvalue weighted by molar-refractivity contribution is 5.64. The van der Waals surface area contributed by atoms with E-state index in [0.29, 0.717) is 5.92 Å². The van der Waals surface area contributed by atoms with Gasteiger partial charge in [-0.15, -0.1) is 0 Å². The fourth-order valence-corrected chi connectivity index (χ4v) is 5.16. The molecule has 0 N–H and O–H groups in total. The minimum Gasteiger partial charge on any atom is -0.207 e. The smallest absolute Gasteiger partial charge is 0.131 e. The van der Waals surface area contributed by atoms with Crippen molar-refractivity contribution in [3.63, 3.8) is 0 Å². The summed E-state index contributed by atoms with van der Waals surface area (Å²) >= 11 is 0. The van der Waals surface area contributed by atoms with E-state index in [-0.39, 0.29) is 11.1 Å². The molecule has 0 radical (unpaired) electrons. The van der Waals surface area contributed by atoms with E-state index in [2.05, 4.69) is 6.92 Å². The molecule has 0 spiro atoms. The van der Waals surface area contributed by atoms with Gasteiger partial charge in [0, 0.05) is 11.6 Å². The van der Waals surface area contributed by atoms with Crippen LogP contribution in [0.4, 0.5) is 13.2 Å². The van der Waals surface area contributed by atoms with Crippen molar-refractivity contribution < 1.29 is 13.2 Å². The van der Waals surface area contributed by atoms with Crippen LogP contribution < -0.4 is 0 Å². The van der Waals surface area contributed by atoms with Gasteiger partial charge in [-0.2, -0.15) is 0 Å². The van der Waals surface area contributed by atoms with Gasteiger partial charge in [-0.05, 0) is 85.1 Å². The predicted molar refractivity (Wildman–Crippen MR) is 98.3 cm³/mol. The molecule has 2 aliphatic carbocycles. The molecule has 4 rings (SSSR count). The van der Waals surface area contributed by atoms with E-state index in [9.17, 15) is 13.2 Å². The monoisotopic (exact) mass is 358 g/mol. The normalized spacial score (nSPS) is 28.6. The summed E-state index contributed by atoms with van der Waals surface area (Å²) in [6, 6.07) is 8.35. The maximum Gasteiger partial charge on any atom is 0.131 e. The van der Waals surface area contributed by atoms with Crippen LogP contribution in [0.1, 0.15) is 56.9 Å². The number of hydrogen-bond donors (Lipinski definition) is 0. The Labute approximate surface area is 153 Å². The Hall–Kier alpha value is -1.77. The zero-order chi connectivity index (χ0) is 18.3. The summed E-state index contributed by atoms with van der Waals surface area (Å²) in [5.74, 6) is 1.08. The molecule has 2 fully saturated rings. The van der Waals surface area contributed by atoms with Crippen LogP contribution in [0.15, 0.2) is 36.4 Å². The van der Waals surface area contributed by atoms with Gasteiger partial charge in [0.2, 0.25) is 0 Å². The van der Waals surface area contributed by atoms with Gasteiger partial charge in [-0.1, -0.05) is 25.5 Å². The van der Waals surface area contributed by atoms with Gasteiger partial charge in [-0.25, -0.2) is 13.2 Å². The van der Waals surface area contributed by atoms with Crippen LogP contribution in [0.25, 0.3) is 11.1 Å². The Balaban J connectivity index is 1.55. The summed E-state index contributed by atoms with van der Waals surface area (Å²) in [6.45, 7) is 2.35. The molecule has 138 valence electrons. The second kappa shape index (κ2) is 7.09. The van der Waals surface area contributed by atoms with Crippen molar-refractivity contribution in [3.8, 4) is 11.1 Å². The van der Waals surface area contributed by atoms with Crippen molar-refractivity contribution in [2.45, 2.75) is 51.4 Å². The average molecular weight is 358 g/mol. The van der Waals surface area contributed by atoms with E-state index in [1.165, 1.54) is 37.8 Å². The third kappa shape index (κ3) is 3.54. The van der Waals surface area contributed by atoms with E-state index < -0.39 is 17.5 Å². The van der Waals surface area contributed by atoms with Gasteiger partial charge in [0.05, 0.1) is 0 Å². The Kier molecular flexibility index (Phi) is 4.81. The second-order valence-corrected chi connectivity index (χ2v) is 8.35. The summed E-state index contributed by atoms with van der Waals surface area (Å²) in [5, 5.41) is 0. The molecule has 2 saturated carbocycles. The third-order valence-corrected chi connectivity index (χ3v) is 6.51. The lowest BCUT2D eigenvalue weighted by Crippen LogP contribution is -2.29. The molecule has 3 heteroatoms. The number of halogens is 3. The van der Waals surface area contributed by atoms with Crippen LogP contribution in [-0.4, -0.2) is 0 Å². The van der Waals surface area contributed by atoms with Gasteiger partial charge < -0.3 is 0 Å². The fraction of sp³-hybridized carbons (Fsp3) is 0.478. The zero-order valence-corrected chi connectivity index (χ0v) is 15.2. The topological polar surface area (TPSA) is 0 Å². The molecule has 0 amide bonds. The molecule has 2 aliphatic rings. The minimum atomic E-state index is -0.687. The van der Waals surface area contributed by atoms with Crippen molar-refractivity contribution in [2.75, 3.05) is 0 Å². The largest absolute Gasteiger partial charge is 0.207 e. The molecule has 2 aromatic rings. The van der Waals surface area contributed by atoms with Crippen LogP contribution in [-0.2, 0) is 0 Å². The molecule has 4 unspecified atom stereocenters. The Bertz CT molecular complexity index is 778. The number of rotatable bonds is 2. The standard InChI is InChI=1S/C23H25F3/c1-14-2-3-16-9-17(5-4-15(16)8-14)18-6-7-22(23(26)12-18)19-10-20(24)13-21(25)11-19/h6-7,10-17H,2-5,8-9H2,1H3. The van der Waals surface area contributed by atoms with E-state index in [1.807, 2.05) is 6.07 Å². The molecule has 2 aromatic carbocycles. The fourth-order valence-electron chi connectivity index (χ4n) is 5.16. The first-order valence-electron chi connectivity index (χ1n) is 9.75. The molecular weight excluding hydrogens is 333 g/mol. The van der Waals surface area contributed by atoms with Gasteiger partial charge in [0.15, 0.2) is 0 Å². The van der Waals surface area contributed by atoms with Gasteiger partial charge in [-0.3, -0.25) is 0 Å². The predicted octanol–water partition coefficient (Wildman–Crippen LogP) is 7.09. The molecule has 0 saturated heterocycles. The summed E-state index contributed by atoms with van der Waals surface area (Å²) in [4.78, 5) is 0. The Morgan fingerprint density at radius 3 is 2.19 bits per heavy atom. The lowest BCUT2D eigenvalue weighted by molar-refractivity contribution is 0.124. The Morgan fingerprint density at radius 2 is 1.46 bits per heavy atom. The first-order chi connectivity index (χ1) is 12.5. The zero-order valence-electron chi connectivity index (χ0n) is 15.2. The van der Waals surface area contributed by atoms with Gasteiger partial charge in [0.25, 0.3) is 0 Å². The minimum absolute atomic E-state index is 0.247. The maximum absolute atomic E-state index is 14.7. The van der Waals surface area contributed by atoms with E-state index in [4.69, 9.17) is 0 Å². The third-order valence-electron chi connectivity index (χ3n) is 6.51.